The van der Waals surface area contributed by atoms with Crippen molar-refractivity contribution in [3.05, 3.63) is 0 Å². The smallest absolute Gasteiger partial charge is 0.267 e. The van der Waals surface area contributed by atoms with Crippen LogP contribution in [0.5, 0.6) is 0 Å². The maximum absolute atomic E-state index is 12.9. The second-order valence-corrected chi connectivity index (χ2v) is 4.35. The van der Waals surface area contributed by atoms with Gasteiger partial charge in [-0.05, 0) is 0 Å². The number of amides is 1. The van der Waals surface area contributed by atoms with Crippen LogP contribution in [0.15, 0.2) is 0 Å². The Hall–Kier alpha value is -0.750. The van der Waals surface area contributed by atoms with Crippen LogP contribution in [0.4, 0.5) is 8.78 Å². The zero-order valence-electron chi connectivity index (χ0n) is 9.05. The molecular weight excluding hydrogens is 218 g/mol. The molecule has 6 heteroatoms. The van der Waals surface area contributed by atoms with E-state index in [2.05, 4.69) is 5.32 Å². The number of hydrogen-bond donors (Lipinski definition) is 1. The molecule has 0 aromatic carbocycles. The molecule has 92 valence electrons. The number of ether oxygens (including phenoxy) is 1. The maximum Gasteiger partial charge on any atom is 0.267 e. The molecular formula is C10H16F2N2O2. The third kappa shape index (κ3) is 2.89. The fourth-order valence-corrected chi connectivity index (χ4v) is 2.04. The molecule has 2 aliphatic rings. The highest BCUT2D eigenvalue weighted by Gasteiger charge is 2.40. The topological polar surface area (TPSA) is 41.6 Å². The fourth-order valence-electron chi connectivity index (χ4n) is 2.04. The molecule has 0 aliphatic carbocycles. The Morgan fingerprint density at radius 2 is 2.38 bits per heavy atom. The minimum Gasteiger partial charge on any atom is -0.378 e. The van der Waals surface area contributed by atoms with Gasteiger partial charge in [-0.1, -0.05) is 0 Å². The number of alkyl halides is 2. The molecule has 2 fully saturated rings. The predicted molar refractivity (Wildman–Crippen MR) is 53.4 cm³/mol. The first kappa shape index (κ1) is 11.7. The summed E-state index contributed by atoms with van der Waals surface area (Å²) in [4.78, 5) is 12.9. The molecule has 1 atom stereocenters. The van der Waals surface area contributed by atoms with Crippen molar-refractivity contribution in [3.8, 4) is 0 Å². The quantitative estimate of drug-likeness (QED) is 0.743. The standard InChI is InChI=1S/C10H16F2N2O2/c11-10(12)1-3-14(7-10)9(15)5-8-6-16-4-2-13-8/h8,13H,1-7H2. The van der Waals surface area contributed by atoms with Gasteiger partial charge < -0.3 is 15.0 Å². The second-order valence-electron chi connectivity index (χ2n) is 4.35. The van der Waals surface area contributed by atoms with Crippen molar-refractivity contribution in [1.82, 2.24) is 10.2 Å². The van der Waals surface area contributed by atoms with Crippen LogP contribution in [0.2, 0.25) is 0 Å². The van der Waals surface area contributed by atoms with Crippen LogP contribution in [-0.4, -0.2) is 55.6 Å². The van der Waals surface area contributed by atoms with Crippen molar-refractivity contribution in [1.29, 1.82) is 0 Å². The summed E-state index contributed by atoms with van der Waals surface area (Å²) >= 11 is 0. The van der Waals surface area contributed by atoms with Gasteiger partial charge in [-0.2, -0.15) is 0 Å². The van der Waals surface area contributed by atoms with Gasteiger partial charge in [0, 0.05) is 32.0 Å². The van der Waals surface area contributed by atoms with Crippen molar-refractivity contribution in [3.63, 3.8) is 0 Å². The van der Waals surface area contributed by atoms with Crippen molar-refractivity contribution in [2.75, 3.05) is 32.8 Å². The summed E-state index contributed by atoms with van der Waals surface area (Å²) in [5, 5.41) is 3.13. The lowest BCUT2D eigenvalue weighted by atomic mass is 10.2. The number of likely N-dealkylation sites (tertiary alicyclic amines) is 1. The summed E-state index contributed by atoms with van der Waals surface area (Å²) in [6, 6.07) is -0.0320. The molecule has 1 N–H and O–H groups in total. The lowest BCUT2D eigenvalue weighted by Crippen LogP contribution is -2.45. The van der Waals surface area contributed by atoms with Crippen molar-refractivity contribution >= 4 is 5.91 Å². The molecule has 0 aromatic heterocycles. The van der Waals surface area contributed by atoms with Crippen molar-refractivity contribution in [2.45, 2.75) is 24.8 Å². The number of carbonyl (C=O) groups excluding carboxylic acids is 1. The molecule has 0 radical (unpaired) electrons. The first-order valence-corrected chi connectivity index (χ1v) is 5.53. The third-order valence-corrected chi connectivity index (χ3v) is 2.94. The average molecular weight is 234 g/mol. The summed E-state index contributed by atoms with van der Waals surface area (Å²) in [7, 11) is 0. The fraction of sp³-hybridized carbons (Fsp3) is 0.900. The third-order valence-electron chi connectivity index (χ3n) is 2.94. The van der Waals surface area contributed by atoms with E-state index in [1.165, 1.54) is 4.90 Å². The minimum absolute atomic E-state index is 0.0320. The van der Waals surface area contributed by atoms with E-state index < -0.39 is 12.5 Å². The van der Waals surface area contributed by atoms with Gasteiger partial charge in [0.1, 0.15) is 0 Å². The summed E-state index contributed by atoms with van der Waals surface area (Å²) in [6.07, 6.45) is 0.0312. The van der Waals surface area contributed by atoms with E-state index in [4.69, 9.17) is 4.74 Å². The summed E-state index contributed by atoms with van der Waals surface area (Å²) in [6.45, 7) is 1.58. The highest BCUT2D eigenvalue weighted by Crippen LogP contribution is 2.27. The number of halogens is 2. The highest BCUT2D eigenvalue weighted by molar-refractivity contribution is 5.77. The minimum atomic E-state index is -2.70. The number of nitrogens with one attached hydrogen (secondary N) is 1. The zero-order chi connectivity index (χ0) is 11.6. The molecule has 2 rings (SSSR count). The first-order chi connectivity index (χ1) is 7.57. The normalized spacial score (nSPS) is 29.4. The average Bonchev–Trinajstić information content (AvgIpc) is 2.60. The Kier molecular flexibility index (Phi) is 3.39. The van der Waals surface area contributed by atoms with Gasteiger partial charge in [0.15, 0.2) is 0 Å². The molecule has 2 heterocycles. The van der Waals surface area contributed by atoms with Crippen LogP contribution in [0.25, 0.3) is 0 Å². The van der Waals surface area contributed by atoms with E-state index in [0.29, 0.717) is 19.8 Å². The first-order valence-electron chi connectivity index (χ1n) is 5.53. The molecule has 0 saturated carbocycles. The Balaban J connectivity index is 1.79. The van der Waals surface area contributed by atoms with Gasteiger partial charge in [-0.15, -0.1) is 0 Å². The van der Waals surface area contributed by atoms with Gasteiger partial charge in [-0.25, -0.2) is 8.78 Å². The molecule has 2 saturated heterocycles. The molecule has 0 spiro atoms. The maximum atomic E-state index is 12.9. The van der Waals surface area contributed by atoms with Crippen LogP contribution >= 0.6 is 0 Å². The van der Waals surface area contributed by atoms with E-state index >= 15 is 0 Å². The number of rotatable bonds is 2. The summed E-state index contributed by atoms with van der Waals surface area (Å²) in [5.41, 5.74) is 0. The van der Waals surface area contributed by atoms with E-state index in [-0.39, 0.29) is 31.3 Å². The Bertz CT molecular complexity index is 268. The molecule has 16 heavy (non-hydrogen) atoms. The molecule has 1 amide bonds. The van der Waals surface area contributed by atoms with Crippen LogP contribution in [-0.2, 0) is 9.53 Å². The van der Waals surface area contributed by atoms with Gasteiger partial charge in [-0.3, -0.25) is 4.79 Å². The Labute approximate surface area is 92.9 Å². The lowest BCUT2D eigenvalue weighted by molar-refractivity contribution is -0.132. The van der Waals surface area contributed by atoms with E-state index in [1.807, 2.05) is 0 Å². The predicted octanol–water partition coefficient (Wildman–Crippen LogP) is 0.232. The van der Waals surface area contributed by atoms with Crippen LogP contribution in [0.1, 0.15) is 12.8 Å². The molecule has 1 unspecified atom stereocenters. The number of morpholine rings is 1. The van der Waals surface area contributed by atoms with E-state index in [1.54, 1.807) is 0 Å². The lowest BCUT2D eigenvalue weighted by Gasteiger charge is -2.25. The molecule has 0 bridgehead atoms. The molecule has 2 aliphatic heterocycles. The summed E-state index contributed by atoms with van der Waals surface area (Å²) < 4.78 is 31.0. The van der Waals surface area contributed by atoms with Gasteiger partial charge in [0.25, 0.3) is 5.92 Å². The van der Waals surface area contributed by atoms with E-state index in [0.717, 1.165) is 0 Å². The van der Waals surface area contributed by atoms with Crippen molar-refractivity contribution in [2.24, 2.45) is 0 Å². The van der Waals surface area contributed by atoms with Crippen LogP contribution in [0, 0.1) is 0 Å². The van der Waals surface area contributed by atoms with E-state index in [9.17, 15) is 13.6 Å². The van der Waals surface area contributed by atoms with Crippen molar-refractivity contribution < 1.29 is 18.3 Å². The monoisotopic (exact) mass is 234 g/mol. The zero-order valence-corrected chi connectivity index (χ0v) is 9.05. The summed E-state index contributed by atoms with van der Waals surface area (Å²) in [5.74, 6) is -2.91. The van der Waals surface area contributed by atoms with Crippen LogP contribution in [0.3, 0.4) is 0 Å². The number of carbonyl (C=O) groups is 1. The number of hydrogen-bond acceptors (Lipinski definition) is 3. The van der Waals surface area contributed by atoms with Crippen LogP contribution < -0.4 is 5.32 Å². The largest absolute Gasteiger partial charge is 0.378 e. The Morgan fingerprint density at radius 3 is 2.94 bits per heavy atom. The highest BCUT2D eigenvalue weighted by atomic mass is 19.3. The van der Waals surface area contributed by atoms with Gasteiger partial charge >= 0.3 is 0 Å². The Morgan fingerprint density at radius 1 is 1.56 bits per heavy atom. The molecule has 4 nitrogen and oxygen atoms in total. The van der Waals surface area contributed by atoms with Gasteiger partial charge in [0.05, 0.1) is 19.8 Å². The van der Waals surface area contributed by atoms with Gasteiger partial charge in [0.2, 0.25) is 5.91 Å². The second kappa shape index (κ2) is 4.63. The SMILES string of the molecule is O=C(CC1COCCN1)N1CCC(F)(F)C1. The number of nitrogens with zero attached hydrogens (tertiary/aromatic N) is 1. The molecule has 0 aromatic rings.